The fourth-order valence-corrected chi connectivity index (χ4v) is 1.97. The number of esters is 1. The molecule has 1 N–H and O–H groups in total. The highest BCUT2D eigenvalue weighted by atomic mass is 16.6. The van der Waals surface area contributed by atoms with Gasteiger partial charge in [0.15, 0.2) is 0 Å². The molecule has 0 bridgehead atoms. The lowest BCUT2D eigenvalue weighted by Gasteiger charge is -2.11. The van der Waals surface area contributed by atoms with E-state index in [0.29, 0.717) is 6.42 Å². The standard InChI is InChI=1S/C8H11O3/c9-4-5-1-2-7-6(5)3-8(10)11-7/h1,5-7,9H,2-4H2. The van der Waals surface area contributed by atoms with Crippen LogP contribution in [-0.4, -0.2) is 23.8 Å². The molecular formula is C8H11O3. The SMILES string of the molecule is O=C1CC2C(CO)[CH]CC2O1. The smallest absolute Gasteiger partial charge is 0.306 e. The van der Waals surface area contributed by atoms with Gasteiger partial charge in [-0.05, 0) is 18.8 Å². The lowest BCUT2D eigenvalue weighted by Crippen LogP contribution is -2.16. The second kappa shape index (κ2) is 2.48. The van der Waals surface area contributed by atoms with E-state index in [1.165, 1.54) is 0 Å². The molecule has 3 unspecified atom stereocenters. The molecule has 3 atom stereocenters. The largest absolute Gasteiger partial charge is 0.462 e. The summed E-state index contributed by atoms with van der Waals surface area (Å²) < 4.78 is 5.04. The third-order valence-electron chi connectivity index (χ3n) is 2.59. The highest BCUT2D eigenvalue weighted by Gasteiger charge is 2.44. The molecule has 0 spiro atoms. The normalized spacial score (nSPS) is 42.3. The monoisotopic (exact) mass is 155 g/mol. The molecule has 1 saturated heterocycles. The molecule has 2 aliphatic rings. The summed E-state index contributed by atoms with van der Waals surface area (Å²) in [5.74, 6) is 0.338. The summed E-state index contributed by atoms with van der Waals surface area (Å²) in [6, 6.07) is 0. The Balaban J connectivity index is 2.07. The Morgan fingerprint density at radius 1 is 1.73 bits per heavy atom. The molecule has 0 aromatic carbocycles. The average Bonchev–Trinajstić information content (AvgIpc) is 2.45. The van der Waals surface area contributed by atoms with E-state index in [4.69, 9.17) is 9.84 Å². The molecule has 1 aliphatic heterocycles. The predicted molar refractivity (Wildman–Crippen MR) is 37.5 cm³/mol. The van der Waals surface area contributed by atoms with Crippen LogP contribution in [0.3, 0.4) is 0 Å². The lowest BCUT2D eigenvalue weighted by molar-refractivity contribution is -0.141. The van der Waals surface area contributed by atoms with Crippen molar-refractivity contribution in [2.45, 2.75) is 18.9 Å². The Bertz CT molecular complexity index is 178. The van der Waals surface area contributed by atoms with E-state index in [9.17, 15) is 4.79 Å². The molecule has 0 aromatic heterocycles. The Kier molecular flexibility index (Phi) is 1.60. The van der Waals surface area contributed by atoms with E-state index in [1.54, 1.807) is 0 Å². The quantitative estimate of drug-likeness (QED) is 0.548. The van der Waals surface area contributed by atoms with Crippen LogP contribution in [0.5, 0.6) is 0 Å². The molecular weight excluding hydrogens is 144 g/mol. The van der Waals surface area contributed by atoms with E-state index in [0.717, 1.165) is 6.42 Å². The van der Waals surface area contributed by atoms with Crippen LogP contribution < -0.4 is 0 Å². The topological polar surface area (TPSA) is 46.5 Å². The average molecular weight is 155 g/mol. The Labute approximate surface area is 65.4 Å². The number of aliphatic hydroxyl groups is 1. The van der Waals surface area contributed by atoms with Gasteiger partial charge < -0.3 is 9.84 Å². The number of carbonyl (C=O) groups is 1. The lowest BCUT2D eigenvalue weighted by atomic mass is 9.94. The Morgan fingerprint density at radius 2 is 2.55 bits per heavy atom. The number of hydrogen-bond donors (Lipinski definition) is 1. The van der Waals surface area contributed by atoms with Crippen molar-refractivity contribution < 1.29 is 14.6 Å². The number of ether oxygens (including phenoxy) is 1. The molecule has 1 aliphatic carbocycles. The minimum absolute atomic E-state index is 0.0691. The zero-order chi connectivity index (χ0) is 7.84. The summed E-state index contributed by atoms with van der Waals surface area (Å²) in [4.78, 5) is 10.8. The van der Waals surface area contributed by atoms with Crippen LogP contribution in [-0.2, 0) is 9.53 Å². The van der Waals surface area contributed by atoms with Gasteiger partial charge in [-0.3, -0.25) is 4.79 Å². The van der Waals surface area contributed by atoms with Crippen molar-refractivity contribution in [3.63, 3.8) is 0 Å². The molecule has 1 heterocycles. The van der Waals surface area contributed by atoms with Gasteiger partial charge in [0.25, 0.3) is 0 Å². The van der Waals surface area contributed by atoms with E-state index in [1.807, 2.05) is 0 Å². The van der Waals surface area contributed by atoms with Crippen molar-refractivity contribution >= 4 is 5.97 Å². The zero-order valence-electron chi connectivity index (χ0n) is 6.19. The molecule has 2 fully saturated rings. The number of hydrogen-bond acceptors (Lipinski definition) is 3. The second-order valence-electron chi connectivity index (χ2n) is 3.21. The van der Waals surface area contributed by atoms with Crippen molar-refractivity contribution in [1.29, 1.82) is 0 Å². The van der Waals surface area contributed by atoms with Gasteiger partial charge in [-0.1, -0.05) is 0 Å². The first-order valence-electron chi connectivity index (χ1n) is 3.95. The maximum atomic E-state index is 10.8. The molecule has 0 aromatic rings. The van der Waals surface area contributed by atoms with Gasteiger partial charge in [-0.2, -0.15) is 0 Å². The van der Waals surface area contributed by atoms with E-state index >= 15 is 0 Å². The highest BCUT2D eigenvalue weighted by Crippen LogP contribution is 2.39. The summed E-state index contributed by atoms with van der Waals surface area (Å²) in [5.41, 5.74) is 0. The minimum Gasteiger partial charge on any atom is -0.462 e. The zero-order valence-corrected chi connectivity index (χ0v) is 6.19. The van der Waals surface area contributed by atoms with Crippen LogP contribution in [0.15, 0.2) is 0 Å². The van der Waals surface area contributed by atoms with Crippen LogP contribution in [0.1, 0.15) is 12.8 Å². The summed E-state index contributed by atoms with van der Waals surface area (Å²) >= 11 is 0. The van der Waals surface area contributed by atoms with Crippen molar-refractivity contribution in [3.8, 4) is 0 Å². The fraction of sp³-hybridized carbons (Fsp3) is 0.750. The number of fused-ring (bicyclic) bond motifs is 1. The maximum absolute atomic E-state index is 10.8. The molecule has 1 saturated carbocycles. The van der Waals surface area contributed by atoms with Gasteiger partial charge >= 0.3 is 5.97 Å². The molecule has 3 nitrogen and oxygen atoms in total. The van der Waals surface area contributed by atoms with Crippen molar-refractivity contribution in [3.05, 3.63) is 6.42 Å². The van der Waals surface area contributed by atoms with Crippen LogP contribution in [0, 0.1) is 18.3 Å². The van der Waals surface area contributed by atoms with Gasteiger partial charge in [0.05, 0.1) is 6.42 Å². The van der Waals surface area contributed by atoms with Crippen molar-refractivity contribution in [1.82, 2.24) is 0 Å². The number of rotatable bonds is 1. The predicted octanol–water partition coefficient (Wildman–Crippen LogP) is 0.135. The first kappa shape index (κ1) is 7.10. The van der Waals surface area contributed by atoms with Gasteiger partial charge in [-0.15, -0.1) is 0 Å². The van der Waals surface area contributed by atoms with Crippen LogP contribution in [0.4, 0.5) is 0 Å². The second-order valence-corrected chi connectivity index (χ2v) is 3.21. The van der Waals surface area contributed by atoms with Gasteiger partial charge in [0.2, 0.25) is 0 Å². The molecule has 1 radical (unpaired) electrons. The fourth-order valence-electron chi connectivity index (χ4n) is 1.97. The highest BCUT2D eigenvalue weighted by molar-refractivity contribution is 5.72. The Morgan fingerprint density at radius 3 is 3.27 bits per heavy atom. The van der Waals surface area contributed by atoms with E-state index in [-0.39, 0.29) is 30.5 Å². The molecule has 0 amide bonds. The summed E-state index contributed by atoms with van der Waals surface area (Å²) in [6.45, 7) is 0.151. The Hall–Kier alpha value is -0.570. The first-order valence-corrected chi connectivity index (χ1v) is 3.95. The van der Waals surface area contributed by atoms with Crippen LogP contribution in [0.25, 0.3) is 0 Å². The van der Waals surface area contributed by atoms with Crippen molar-refractivity contribution in [2.75, 3.05) is 6.61 Å². The van der Waals surface area contributed by atoms with Crippen LogP contribution in [0.2, 0.25) is 0 Å². The van der Waals surface area contributed by atoms with E-state index in [2.05, 4.69) is 6.42 Å². The molecule has 11 heavy (non-hydrogen) atoms. The third-order valence-corrected chi connectivity index (χ3v) is 2.59. The van der Waals surface area contributed by atoms with Crippen LogP contribution >= 0.6 is 0 Å². The summed E-state index contributed by atoms with van der Waals surface area (Å²) in [6.07, 6.45) is 3.44. The van der Waals surface area contributed by atoms with Gasteiger partial charge in [0, 0.05) is 12.5 Å². The van der Waals surface area contributed by atoms with E-state index < -0.39 is 0 Å². The molecule has 61 valence electrons. The van der Waals surface area contributed by atoms with Gasteiger partial charge in [0.1, 0.15) is 6.10 Å². The minimum atomic E-state index is -0.105. The molecule has 3 heteroatoms. The summed E-state index contributed by atoms with van der Waals surface area (Å²) in [7, 11) is 0. The van der Waals surface area contributed by atoms with Crippen molar-refractivity contribution in [2.24, 2.45) is 11.8 Å². The molecule has 2 rings (SSSR count). The third kappa shape index (κ3) is 1.03. The summed E-state index contributed by atoms with van der Waals surface area (Å²) in [5, 5.41) is 8.90. The van der Waals surface area contributed by atoms with Gasteiger partial charge in [-0.25, -0.2) is 0 Å². The maximum Gasteiger partial charge on any atom is 0.306 e. The first-order chi connectivity index (χ1) is 5.31. The number of carbonyl (C=O) groups excluding carboxylic acids is 1. The number of aliphatic hydroxyl groups excluding tert-OH is 1.